The molecule has 0 atom stereocenters. The van der Waals surface area contributed by atoms with E-state index in [2.05, 4.69) is 15.9 Å². The van der Waals surface area contributed by atoms with Crippen LogP contribution in [0, 0.1) is 6.92 Å². The summed E-state index contributed by atoms with van der Waals surface area (Å²) in [4.78, 5) is 11.4. The molecule has 0 bridgehead atoms. The molecule has 0 aromatic heterocycles. The predicted molar refractivity (Wildman–Crippen MR) is 52.8 cm³/mol. The molecule has 0 aliphatic carbocycles. The molecule has 1 rings (SSSR count). The molecule has 70 valence electrons. The molecule has 0 spiro atoms. The average Bonchev–Trinajstić information content (AvgIpc) is 2.08. The van der Waals surface area contributed by atoms with Crippen molar-refractivity contribution < 1.29 is 10.0 Å². The predicted octanol–water partition coefficient (Wildman–Crippen LogP) is 2.22. The molecule has 0 unspecified atom stereocenters. The highest BCUT2D eigenvalue weighted by atomic mass is 79.9. The lowest BCUT2D eigenvalue weighted by molar-refractivity contribution is -0.0375. The lowest BCUT2D eigenvalue weighted by Gasteiger charge is -2.10. The van der Waals surface area contributed by atoms with Crippen molar-refractivity contribution in [1.29, 1.82) is 0 Å². The molecule has 0 fully saturated rings. The first-order chi connectivity index (χ1) is 6.04. The maximum absolute atomic E-state index is 11.4. The van der Waals surface area contributed by atoms with Crippen molar-refractivity contribution in [2.24, 2.45) is 0 Å². The molecule has 13 heavy (non-hydrogen) atoms. The van der Waals surface area contributed by atoms with Gasteiger partial charge in [-0.05, 0) is 34.5 Å². The molecule has 4 heteroatoms. The van der Waals surface area contributed by atoms with Crippen LogP contribution in [0.5, 0.6) is 0 Å². The molecule has 3 nitrogen and oxygen atoms in total. The summed E-state index contributed by atoms with van der Waals surface area (Å²) in [5, 5.41) is 9.52. The smallest absolute Gasteiger partial charge is 0.278 e. The number of halogens is 1. The minimum absolute atomic E-state index is 0.421. The van der Waals surface area contributed by atoms with Crippen LogP contribution >= 0.6 is 15.9 Å². The first-order valence-electron chi connectivity index (χ1n) is 3.76. The van der Waals surface area contributed by atoms with Crippen LogP contribution in [0.3, 0.4) is 0 Å². The molecule has 0 saturated carbocycles. The van der Waals surface area contributed by atoms with Crippen LogP contribution in [0.4, 0.5) is 0 Å². The van der Waals surface area contributed by atoms with Crippen molar-refractivity contribution in [3.8, 4) is 0 Å². The van der Waals surface area contributed by atoms with E-state index in [9.17, 15) is 4.79 Å². The molecular weight excluding hydrogens is 234 g/mol. The van der Waals surface area contributed by atoms with Crippen molar-refractivity contribution >= 4 is 21.8 Å². The van der Waals surface area contributed by atoms with Crippen molar-refractivity contribution in [2.45, 2.75) is 6.92 Å². The molecule has 0 saturated heterocycles. The Balaban J connectivity index is 3.15. The third-order valence-electron chi connectivity index (χ3n) is 1.72. The van der Waals surface area contributed by atoms with Gasteiger partial charge in [0.15, 0.2) is 0 Å². The first-order valence-corrected chi connectivity index (χ1v) is 4.55. The van der Waals surface area contributed by atoms with E-state index in [0.717, 1.165) is 10.0 Å². The number of benzene rings is 1. The van der Waals surface area contributed by atoms with Gasteiger partial charge in [0.05, 0.1) is 5.56 Å². The summed E-state index contributed by atoms with van der Waals surface area (Å²) >= 11 is 3.29. The fraction of sp³-hybridized carbons (Fsp3) is 0.222. The summed E-state index contributed by atoms with van der Waals surface area (Å²) in [6.45, 7) is 1.89. The zero-order valence-corrected chi connectivity index (χ0v) is 9.00. The Morgan fingerprint density at radius 3 is 2.69 bits per heavy atom. The lowest BCUT2D eigenvalue weighted by atomic mass is 10.1. The monoisotopic (exact) mass is 243 g/mol. The van der Waals surface area contributed by atoms with E-state index < -0.39 is 5.91 Å². The Morgan fingerprint density at radius 2 is 2.15 bits per heavy atom. The van der Waals surface area contributed by atoms with Gasteiger partial charge < -0.3 is 0 Å². The van der Waals surface area contributed by atoms with Crippen molar-refractivity contribution in [2.75, 3.05) is 7.05 Å². The number of nitrogens with zero attached hydrogens (tertiary/aromatic N) is 1. The lowest BCUT2D eigenvalue weighted by Crippen LogP contribution is -2.22. The van der Waals surface area contributed by atoms with Gasteiger partial charge in [-0.3, -0.25) is 10.0 Å². The number of amides is 1. The Morgan fingerprint density at radius 1 is 1.54 bits per heavy atom. The van der Waals surface area contributed by atoms with E-state index in [1.807, 2.05) is 13.0 Å². The molecule has 0 aliphatic heterocycles. The Labute approximate surface area is 85.1 Å². The number of aryl methyl sites for hydroxylation is 1. The van der Waals surface area contributed by atoms with Gasteiger partial charge in [-0.25, -0.2) is 5.06 Å². The van der Waals surface area contributed by atoms with E-state index in [0.29, 0.717) is 10.6 Å². The van der Waals surface area contributed by atoms with Crippen LogP contribution in [0.2, 0.25) is 0 Å². The second-order valence-corrected chi connectivity index (χ2v) is 3.56. The minimum atomic E-state index is -0.421. The summed E-state index contributed by atoms with van der Waals surface area (Å²) in [6, 6.07) is 5.32. The number of hydrogen-bond donors (Lipinski definition) is 1. The molecule has 1 N–H and O–H groups in total. The highest BCUT2D eigenvalue weighted by molar-refractivity contribution is 9.10. The van der Waals surface area contributed by atoms with Crippen molar-refractivity contribution in [3.63, 3.8) is 0 Å². The maximum Gasteiger partial charge on any atom is 0.278 e. The van der Waals surface area contributed by atoms with Crippen molar-refractivity contribution in [3.05, 3.63) is 33.8 Å². The molecule has 0 radical (unpaired) electrons. The zero-order chi connectivity index (χ0) is 10.0. The topological polar surface area (TPSA) is 40.5 Å². The third-order valence-corrected chi connectivity index (χ3v) is 2.77. The quantitative estimate of drug-likeness (QED) is 0.607. The number of carbonyl (C=O) groups excluding carboxylic acids is 1. The maximum atomic E-state index is 11.4. The van der Waals surface area contributed by atoms with Gasteiger partial charge >= 0.3 is 0 Å². The van der Waals surface area contributed by atoms with Crippen molar-refractivity contribution in [1.82, 2.24) is 5.06 Å². The summed E-state index contributed by atoms with van der Waals surface area (Å²) in [5.74, 6) is -0.421. The van der Waals surface area contributed by atoms with Gasteiger partial charge in [0, 0.05) is 11.5 Å². The Kier molecular flexibility index (Phi) is 3.06. The Bertz CT molecular complexity index is 336. The third kappa shape index (κ3) is 2.08. The number of carbonyl (C=O) groups is 1. The number of hydrogen-bond acceptors (Lipinski definition) is 2. The molecule has 0 aliphatic rings. The fourth-order valence-corrected chi connectivity index (χ4v) is 1.42. The van der Waals surface area contributed by atoms with E-state index >= 15 is 0 Å². The second-order valence-electron chi connectivity index (χ2n) is 2.77. The average molecular weight is 244 g/mol. The van der Waals surface area contributed by atoms with Crippen LogP contribution in [0.25, 0.3) is 0 Å². The molecule has 1 aromatic carbocycles. The van der Waals surface area contributed by atoms with Gasteiger partial charge in [-0.2, -0.15) is 0 Å². The van der Waals surface area contributed by atoms with Crippen LogP contribution < -0.4 is 0 Å². The second kappa shape index (κ2) is 3.89. The number of hydroxylamine groups is 2. The SMILES string of the molecule is Cc1cccc(C(=O)N(C)O)c1Br. The normalized spacial score (nSPS) is 9.85. The van der Waals surface area contributed by atoms with E-state index in [4.69, 9.17) is 5.21 Å². The summed E-state index contributed by atoms with van der Waals surface area (Å²) in [7, 11) is 1.30. The minimum Gasteiger partial charge on any atom is -0.286 e. The van der Waals surface area contributed by atoms with Crippen LogP contribution in [-0.2, 0) is 0 Å². The summed E-state index contributed by atoms with van der Waals surface area (Å²) < 4.78 is 0.723. The van der Waals surface area contributed by atoms with E-state index in [1.165, 1.54) is 7.05 Å². The molecule has 0 heterocycles. The van der Waals surface area contributed by atoms with Crippen LogP contribution in [0.1, 0.15) is 15.9 Å². The molecule has 1 amide bonds. The standard InChI is InChI=1S/C9H10BrNO2/c1-6-4-3-5-7(8(6)10)9(12)11(2)13/h3-5,13H,1-2H3. The highest BCUT2D eigenvalue weighted by Gasteiger charge is 2.13. The molecule has 1 aromatic rings. The molecular formula is C9H10BrNO2. The first kappa shape index (κ1) is 10.2. The van der Waals surface area contributed by atoms with E-state index in [1.54, 1.807) is 12.1 Å². The van der Waals surface area contributed by atoms with Gasteiger partial charge in [-0.1, -0.05) is 12.1 Å². The van der Waals surface area contributed by atoms with Gasteiger partial charge in [0.1, 0.15) is 0 Å². The largest absolute Gasteiger partial charge is 0.286 e. The summed E-state index contributed by atoms with van der Waals surface area (Å²) in [5.41, 5.74) is 1.43. The summed E-state index contributed by atoms with van der Waals surface area (Å²) in [6.07, 6.45) is 0. The van der Waals surface area contributed by atoms with Crippen LogP contribution in [0.15, 0.2) is 22.7 Å². The number of rotatable bonds is 1. The highest BCUT2D eigenvalue weighted by Crippen LogP contribution is 2.21. The Hall–Kier alpha value is -0.870. The van der Waals surface area contributed by atoms with Gasteiger partial charge in [-0.15, -0.1) is 0 Å². The van der Waals surface area contributed by atoms with Gasteiger partial charge in [0.2, 0.25) is 0 Å². The van der Waals surface area contributed by atoms with E-state index in [-0.39, 0.29) is 0 Å². The van der Waals surface area contributed by atoms with Gasteiger partial charge in [0.25, 0.3) is 5.91 Å². The zero-order valence-electron chi connectivity index (χ0n) is 7.41. The van der Waals surface area contributed by atoms with Crippen LogP contribution in [-0.4, -0.2) is 23.2 Å². The fourth-order valence-electron chi connectivity index (χ4n) is 0.987.